The maximum absolute atomic E-state index is 4.44. The first-order valence-electron chi connectivity index (χ1n) is 4.66. The van der Waals surface area contributed by atoms with Crippen molar-refractivity contribution in [2.75, 3.05) is 4.43 Å². The van der Waals surface area contributed by atoms with E-state index in [1.807, 2.05) is 24.0 Å². The van der Waals surface area contributed by atoms with Gasteiger partial charge >= 0.3 is 0 Å². The Morgan fingerprint density at radius 2 is 1.88 bits per heavy atom. The first-order chi connectivity index (χ1) is 8.31. The smallest absolute Gasteiger partial charge is 0.0838 e. The van der Waals surface area contributed by atoms with Crippen LogP contribution in [0.1, 0.15) is 0 Å². The van der Waals surface area contributed by atoms with Crippen LogP contribution in [0.3, 0.4) is 0 Å². The molecule has 0 aliphatic carbocycles. The number of hydrogen-bond donors (Lipinski definition) is 0. The SMILES string of the molecule is ICC(I)Sc1cccc2cccnc12.II. The lowest BCUT2D eigenvalue weighted by Crippen LogP contribution is -1.92. The quantitative estimate of drug-likeness (QED) is 0.213. The molecule has 1 aromatic heterocycles. The Balaban J connectivity index is 0.000000686. The molecular formula is C11H9I4NS. The van der Waals surface area contributed by atoms with Crippen molar-refractivity contribution in [3.63, 3.8) is 0 Å². The standard InChI is InChI=1S/C11H9I2NS.I2/c12-7-10(13)15-9-5-1-3-8-4-2-6-14-11(8)9;1-2/h1-6,10H,7H2;. The van der Waals surface area contributed by atoms with E-state index >= 15 is 0 Å². The maximum atomic E-state index is 4.44. The Kier molecular flexibility index (Phi) is 9.72. The van der Waals surface area contributed by atoms with Crippen molar-refractivity contribution in [3.8, 4) is 0 Å². The molecule has 1 atom stereocenters. The van der Waals surface area contributed by atoms with Crippen molar-refractivity contribution < 1.29 is 0 Å². The molecule has 1 aromatic carbocycles. The predicted molar refractivity (Wildman–Crippen MR) is 112 cm³/mol. The van der Waals surface area contributed by atoms with Crippen LogP contribution in [0.15, 0.2) is 41.4 Å². The number of alkyl halides is 2. The van der Waals surface area contributed by atoms with E-state index in [0.29, 0.717) is 3.26 Å². The molecule has 0 saturated heterocycles. The van der Waals surface area contributed by atoms with Gasteiger partial charge in [0.15, 0.2) is 0 Å². The fourth-order valence-electron chi connectivity index (χ4n) is 1.34. The van der Waals surface area contributed by atoms with Crippen LogP contribution in [-0.2, 0) is 0 Å². The number of thioether (sulfide) groups is 1. The summed E-state index contributed by atoms with van der Waals surface area (Å²) in [6.07, 6.45) is 1.86. The fraction of sp³-hybridized carbons (Fsp3) is 0.182. The topological polar surface area (TPSA) is 12.9 Å². The minimum Gasteiger partial charge on any atom is -0.255 e. The molecule has 0 aliphatic rings. The van der Waals surface area contributed by atoms with Crippen LogP contribution in [0.2, 0.25) is 0 Å². The zero-order valence-corrected chi connectivity index (χ0v) is 18.1. The first kappa shape index (κ1) is 17.0. The van der Waals surface area contributed by atoms with Gasteiger partial charge in [-0.3, -0.25) is 4.98 Å². The first-order valence-corrected chi connectivity index (χ1v) is 14.6. The van der Waals surface area contributed by atoms with Crippen LogP contribution in [0.5, 0.6) is 0 Å². The molecule has 0 radical (unpaired) electrons. The molecule has 0 amide bonds. The second-order valence-electron chi connectivity index (χ2n) is 3.01. The molecule has 1 heterocycles. The minimum absolute atomic E-state index is 0.607. The number of fused-ring (bicyclic) bond motifs is 1. The zero-order valence-electron chi connectivity index (χ0n) is 8.62. The second-order valence-corrected chi connectivity index (χ2v) is 7.49. The predicted octanol–water partition coefficient (Wildman–Crippen LogP) is 6.29. The van der Waals surface area contributed by atoms with Crippen LogP contribution >= 0.6 is 94.2 Å². The van der Waals surface area contributed by atoms with Crippen molar-refractivity contribution in [1.82, 2.24) is 4.98 Å². The van der Waals surface area contributed by atoms with Gasteiger partial charge in [-0.15, -0.1) is 11.8 Å². The van der Waals surface area contributed by atoms with Gasteiger partial charge in [-0.25, -0.2) is 0 Å². The van der Waals surface area contributed by atoms with Gasteiger partial charge < -0.3 is 0 Å². The van der Waals surface area contributed by atoms with Crippen molar-refractivity contribution >= 4 is 105 Å². The highest BCUT2D eigenvalue weighted by molar-refractivity contribution is 15.0. The van der Waals surface area contributed by atoms with Crippen LogP contribution in [-0.4, -0.2) is 12.7 Å². The molecule has 0 aliphatic heterocycles. The lowest BCUT2D eigenvalue weighted by atomic mass is 10.2. The molecule has 1 nitrogen and oxygen atoms in total. The van der Waals surface area contributed by atoms with Gasteiger partial charge in [0.05, 0.1) is 8.77 Å². The lowest BCUT2D eigenvalue weighted by Gasteiger charge is -2.07. The van der Waals surface area contributed by atoms with Gasteiger partial charge in [-0.05, 0) is 12.1 Å². The summed E-state index contributed by atoms with van der Waals surface area (Å²) in [6.45, 7) is 0. The summed E-state index contributed by atoms with van der Waals surface area (Å²) in [7, 11) is 0. The third kappa shape index (κ3) is 5.42. The maximum Gasteiger partial charge on any atom is 0.0838 e. The Labute approximate surface area is 156 Å². The van der Waals surface area contributed by atoms with E-state index in [4.69, 9.17) is 0 Å². The molecule has 0 bridgehead atoms. The summed E-state index contributed by atoms with van der Waals surface area (Å²) in [4.78, 5) is 5.72. The van der Waals surface area contributed by atoms with Crippen LogP contribution < -0.4 is 0 Å². The molecule has 17 heavy (non-hydrogen) atoms. The molecule has 0 spiro atoms. The van der Waals surface area contributed by atoms with Crippen LogP contribution in [0, 0.1) is 0 Å². The molecule has 0 fully saturated rings. The van der Waals surface area contributed by atoms with E-state index in [1.54, 1.807) is 0 Å². The normalized spacial score (nSPS) is 11.8. The fourth-order valence-corrected chi connectivity index (χ4v) is 3.48. The summed E-state index contributed by atoms with van der Waals surface area (Å²) in [6, 6.07) is 10.5. The number of benzene rings is 1. The average molecular weight is 695 g/mol. The van der Waals surface area contributed by atoms with Crippen molar-refractivity contribution in [2.45, 2.75) is 8.15 Å². The minimum atomic E-state index is 0.607. The van der Waals surface area contributed by atoms with E-state index in [0.717, 1.165) is 9.94 Å². The highest BCUT2D eigenvalue weighted by Gasteiger charge is 2.07. The van der Waals surface area contributed by atoms with Crippen molar-refractivity contribution in [3.05, 3.63) is 36.5 Å². The Hall–Kier alpha value is 1.90. The molecule has 0 saturated carbocycles. The highest BCUT2D eigenvalue weighted by Crippen LogP contribution is 2.33. The Morgan fingerprint density at radius 3 is 2.59 bits per heavy atom. The number of halogens is 4. The van der Waals surface area contributed by atoms with Gasteiger partial charge in [0.2, 0.25) is 0 Å². The summed E-state index contributed by atoms with van der Waals surface area (Å²) in [5.41, 5.74) is 1.12. The Bertz CT molecular complexity index is 461. The van der Waals surface area contributed by atoms with Gasteiger partial charge in [-0.1, -0.05) is 63.4 Å². The van der Waals surface area contributed by atoms with Gasteiger partial charge in [0.25, 0.3) is 0 Å². The number of pyridine rings is 1. The molecule has 2 aromatic rings. The number of aromatic nitrogens is 1. The summed E-state index contributed by atoms with van der Waals surface area (Å²) in [5, 5.41) is 1.22. The third-order valence-electron chi connectivity index (χ3n) is 1.97. The number of rotatable bonds is 3. The van der Waals surface area contributed by atoms with Crippen LogP contribution in [0.4, 0.5) is 0 Å². The van der Waals surface area contributed by atoms with E-state index in [2.05, 4.69) is 112 Å². The number of nitrogens with zero attached hydrogens (tertiary/aromatic N) is 1. The van der Waals surface area contributed by atoms with Crippen molar-refractivity contribution in [1.29, 1.82) is 0 Å². The summed E-state index contributed by atoms with van der Waals surface area (Å²) in [5.74, 6) is 0. The van der Waals surface area contributed by atoms with E-state index in [1.165, 1.54) is 10.3 Å². The number of hydrogen-bond acceptors (Lipinski definition) is 2. The Morgan fingerprint density at radius 1 is 1.18 bits per heavy atom. The summed E-state index contributed by atoms with van der Waals surface area (Å²) < 4.78 is 1.75. The third-order valence-corrected chi connectivity index (χ3v) is 7.34. The number of para-hydroxylation sites is 1. The molecular weight excluding hydrogens is 686 g/mol. The molecule has 92 valence electrons. The lowest BCUT2D eigenvalue weighted by molar-refractivity contribution is 1.35. The summed E-state index contributed by atoms with van der Waals surface area (Å²) >= 11 is 11.0. The molecule has 6 heteroatoms. The van der Waals surface area contributed by atoms with Crippen LogP contribution in [0.25, 0.3) is 10.9 Å². The van der Waals surface area contributed by atoms with Gasteiger partial charge in [0, 0.05) is 58.1 Å². The second kappa shape index (κ2) is 9.75. The average Bonchev–Trinajstić information content (AvgIpc) is 2.41. The molecule has 1 unspecified atom stereocenters. The van der Waals surface area contributed by atoms with Crippen molar-refractivity contribution in [2.24, 2.45) is 0 Å². The largest absolute Gasteiger partial charge is 0.255 e. The molecule has 2 rings (SSSR count). The van der Waals surface area contributed by atoms with E-state index < -0.39 is 0 Å². The van der Waals surface area contributed by atoms with E-state index in [9.17, 15) is 0 Å². The highest BCUT2D eigenvalue weighted by atomic mass is 128. The van der Waals surface area contributed by atoms with Gasteiger partial charge in [0.1, 0.15) is 0 Å². The van der Waals surface area contributed by atoms with Gasteiger partial charge in [-0.2, -0.15) is 0 Å². The molecule has 0 N–H and O–H groups in total. The van der Waals surface area contributed by atoms with E-state index in [-0.39, 0.29) is 0 Å². The zero-order chi connectivity index (χ0) is 12.7. The monoisotopic (exact) mass is 695 g/mol.